The minimum Gasteiger partial charge on any atom is -0.378 e. The SMILES string of the molecule is CC1=CCC(Nc2ccccc2-c2cccc(C3(c4ccccc4)c4ccccc4-c4ccccc43)c2)C(C)=C1c1ccccc1. The largest absolute Gasteiger partial charge is 0.378 e. The lowest BCUT2D eigenvalue weighted by Gasteiger charge is -2.34. The van der Waals surface area contributed by atoms with Crippen LogP contribution >= 0.6 is 0 Å². The molecule has 0 aromatic heterocycles. The predicted molar refractivity (Wildman–Crippen MR) is 194 cm³/mol. The van der Waals surface area contributed by atoms with Crippen molar-refractivity contribution in [1.82, 2.24) is 0 Å². The third-order valence-corrected chi connectivity index (χ3v) is 10.1. The van der Waals surface area contributed by atoms with Gasteiger partial charge < -0.3 is 5.32 Å². The van der Waals surface area contributed by atoms with Crippen molar-refractivity contribution in [3.05, 3.63) is 203 Å². The molecule has 0 spiro atoms. The summed E-state index contributed by atoms with van der Waals surface area (Å²) in [5.74, 6) is 0. The van der Waals surface area contributed by atoms with Gasteiger partial charge in [0, 0.05) is 11.3 Å². The molecule has 0 fully saturated rings. The van der Waals surface area contributed by atoms with E-state index in [9.17, 15) is 0 Å². The van der Waals surface area contributed by atoms with Gasteiger partial charge in [0.1, 0.15) is 0 Å². The standard InChI is InChI=1S/C45H37N/c1-31-28-29-42(32(2)44(31)33-16-5-3-6-17-33)46-43-27-14-11-22-37(43)34-18-15-21-36(30-34)45(35-19-7-4-8-20-35)40-25-12-9-23-38(40)39-24-10-13-26-41(39)45/h3-28,30,42,46H,29H2,1-2H3. The lowest BCUT2D eigenvalue weighted by Crippen LogP contribution is -2.28. The fourth-order valence-corrected chi connectivity index (χ4v) is 7.97. The number of allylic oxidation sites excluding steroid dienone is 2. The molecule has 1 atom stereocenters. The number of hydrogen-bond acceptors (Lipinski definition) is 1. The Kier molecular flexibility index (Phi) is 7.03. The van der Waals surface area contributed by atoms with Gasteiger partial charge in [-0.15, -0.1) is 0 Å². The number of hydrogen-bond donors (Lipinski definition) is 1. The molecular formula is C45H37N. The van der Waals surface area contributed by atoms with Crippen LogP contribution < -0.4 is 5.32 Å². The Labute approximate surface area is 272 Å². The second kappa shape index (κ2) is 11.5. The minimum absolute atomic E-state index is 0.215. The molecule has 1 heteroatoms. The van der Waals surface area contributed by atoms with Crippen LogP contribution in [0.25, 0.3) is 27.8 Å². The monoisotopic (exact) mass is 591 g/mol. The van der Waals surface area contributed by atoms with E-state index in [0.717, 1.165) is 12.1 Å². The summed E-state index contributed by atoms with van der Waals surface area (Å²) >= 11 is 0. The molecule has 1 N–H and O–H groups in total. The fourth-order valence-electron chi connectivity index (χ4n) is 7.97. The average Bonchev–Trinajstić information content (AvgIpc) is 3.42. The first kappa shape index (κ1) is 28.1. The number of anilines is 1. The molecule has 1 unspecified atom stereocenters. The van der Waals surface area contributed by atoms with E-state index in [1.165, 1.54) is 66.8 Å². The van der Waals surface area contributed by atoms with Gasteiger partial charge in [-0.2, -0.15) is 0 Å². The molecular weight excluding hydrogens is 555 g/mol. The summed E-state index contributed by atoms with van der Waals surface area (Å²) in [6.45, 7) is 4.53. The van der Waals surface area contributed by atoms with Crippen molar-refractivity contribution in [1.29, 1.82) is 0 Å². The van der Waals surface area contributed by atoms with Crippen LogP contribution in [0, 0.1) is 0 Å². The smallest absolute Gasteiger partial charge is 0.0713 e. The van der Waals surface area contributed by atoms with Gasteiger partial charge in [-0.05, 0) is 93.6 Å². The minimum atomic E-state index is -0.414. The van der Waals surface area contributed by atoms with Crippen LogP contribution in [0.1, 0.15) is 48.1 Å². The molecule has 0 saturated heterocycles. The summed E-state index contributed by atoms with van der Waals surface area (Å²) < 4.78 is 0. The van der Waals surface area contributed by atoms with Crippen molar-refractivity contribution in [2.45, 2.75) is 31.7 Å². The van der Waals surface area contributed by atoms with Crippen LogP contribution in [0.15, 0.2) is 175 Å². The number of nitrogens with one attached hydrogen (secondary N) is 1. The van der Waals surface area contributed by atoms with Gasteiger partial charge in [-0.1, -0.05) is 152 Å². The fraction of sp³-hybridized carbons (Fsp3) is 0.111. The highest BCUT2D eigenvalue weighted by atomic mass is 14.9. The third-order valence-electron chi connectivity index (χ3n) is 10.1. The maximum absolute atomic E-state index is 3.98. The van der Waals surface area contributed by atoms with Gasteiger partial charge in [-0.25, -0.2) is 0 Å². The Morgan fingerprint density at radius 1 is 0.522 bits per heavy atom. The highest BCUT2D eigenvalue weighted by Gasteiger charge is 2.45. The van der Waals surface area contributed by atoms with Gasteiger partial charge in [-0.3, -0.25) is 0 Å². The summed E-state index contributed by atoms with van der Waals surface area (Å²) in [5.41, 5.74) is 16.4. The van der Waals surface area contributed by atoms with E-state index in [1.54, 1.807) is 0 Å². The van der Waals surface area contributed by atoms with E-state index in [1.807, 2.05) is 0 Å². The molecule has 0 aliphatic heterocycles. The molecule has 8 rings (SSSR count). The van der Waals surface area contributed by atoms with Gasteiger partial charge >= 0.3 is 0 Å². The molecule has 1 nitrogen and oxygen atoms in total. The van der Waals surface area contributed by atoms with Crippen LogP contribution in [0.5, 0.6) is 0 Å². The zero-order valence-electron chi connectivity index (χ0n) is 26.4. The predicted octanol–water partition coefficient (Wildman–Crippen LogP) is 11.3. The molecule has 0 saturated carbocycles. The summed E-state index contributed by atoms with van der Waals surface area (Å²) in [6, 6.07) is 58.0. The lowest BCUT2D eigenvalue weighted by molar-refractivity contribution is 0.769. The molecule has 0 bridgehead atoms. The first-order valence-corrected chi connectivity index (χ1v) is 16.3. The molecule has 2 aliphatic rings. The van der Waals surface area contributed by atoms with E-state index in [-0.39, 0.29) is 6.04 Å². The Morgan fingerprint density at radius 2 is 1.07 bits per heavy atom. The van der Waals surface area contributed by atoms with Crippen LogP contribution in [0.3, 0.4) is 0 Å². The number of fused-ring (bicyclic) bond motifs is 3. The third kappa shape index (κ3) is 4.46. The van der Waals surface area contributed by atoms with E-state index < -0.39 is 5.41 Å². The van der Waals surface area contributed by atoms with E-state index in [4.69, 9.17) is 0 Å². The Bertz CT molecular complexity index is 2070. The summed E-state index contributed by atoms with van der Waals surface area (Å²) in [7, 11) is 0. The first-order chi connectivity index (χ1) is 22.7. The van der Waals surface area contributed by atoms with Crippen molar-refractivity contribution in [2.24, 2.45) is 0 Å². The molecule has 6 aromatic carbocycles. The molecule has 0 amide bonds. The normalized spacial score (nSPS) is 16.4. The van der Waals surface area contributed by atoms with Crippen molar-refractivity contribution >= 4 is 11.3 Å². The second-order valence-corrected chi connectivity index (χ2v) is 12.6. The highest BCUT2D eigenvalue weighted by Crippen LogP contribution is 2.56. The lowest BCUT2D eigenvalue weighted by atomic mass is 9.67. The van der Waals surface area contributed by atoms with Crippen LogP contribution in [-0.4, -0.2) is 6.04 Å². The van der Waals surface area contributed by atoms with Crippen LogP contribution in [-0.2, 0) is 5.41 Å². The molecule has 0 radical (unpaired) electrons. The van der Waals surface area contributed by atoms with E-state index in [0.29, 0.717) is 0 Å². The molecule has 6 aromatic rings. The van der Waals surface area contributed by atoms with Gasteiger partial charge in [0.15, 0.2) is 0 Å². The maximum Gasteiger partial charge on any atom is 0.0713 e. The number of rotatable bonds is 6. The van der Waals surface area contributed by atoms with Gasteiger partial charge in [0.05, 0.1) is 11.5 Å². The van der Waals surface area contributed by atoms with Gasteiger partial charge in [0.25, 0.3) is 0 Å². The van der Waals surface area contributed by atoms with E-state index >= 15 is 0 Å². The van der Waals surface area contributed by atoms with Crippen molar-refractivity contribution in [2.75, 3.05) is 5.32 Å². The summed E-state index contributed by atoms with van der Waals surface area (Å²) in [5, 5.41) is 3.98. The zero-order chi connectivity index (χ0) is 31.1. The van der Waals surface area contributed by atoms with E-state index in [2.05, 4.69) is 183 Å². The molecule has 46 heavy (non-hydrogen) atoms. The Hall–Kier alpha value is -5.40. The molecule has 0 heterocycles. The highest BCUT2D eigenvalue weighted by molar-refractivity contribution is 5.88. The zero-order valence-corrected chi connectivity index (χ0v) is 26.4. The topological polar surface area (TPSA) is 12.0 Å². The second-order valence-electron chi connectivity index (χ2n) is 12.6. The number of benzene rings is 6. The van der Waals surface area contributed by atoms with Crippen LogP contribution in [0.4, 0.5) is 5.69 Å². The first-order valence-electron chi connectivity index (χ1n) is 16.3. The van der Waals surface area contributed by atoms with Crippen molar-refractivity contribution in [3.8, 4) is 22.3 Å². The van der Waals surface area contributed by atoms with Gasteiger partial charge in [0.2, 0.25) is 0 Å². The van der Waals surface area contributed by atoms with Crippen molar-refractivity contribution in [3.63, 3.8) is 0 Å². The Balaban J connectivity index is 1.26. The Morgan fingerprint density at radius 3 is 1.76 bits per heavy atom. The molecule has 2 aliphatic carbocycles. The quantitative estimate of drug-likeness (QED) is 0.203. The van der Waals surface area contributed by atoms with Crippen LogP contribution in [0.2, 0.25) is 0 Å². The maximum atomic E-state index is 3.98. The summed E-state index contributed by atoms with van der Waals surface area (Å²) in [6.07, 6.45) is 3.35. The summed E-state index contributed by atoms with van der Waals surface area (Å²) in [4.78, 5) is 0. The molecule has 222 valence electrons. The number of para-hydroxylation sites is 1. The van der Waals surface area contributed by atoms with Crippen molar-refractivity contribution < 1.29 is 0 Å². The average molecular weight is 592 g/mol.